The molecule has 1 aromatic rings. The monoisotopic (exact) mass is 330 g/mol. The highest BCUT2D eigenvalue weighted by Gasteiger charge is 2.31. The number of benzene rings is 1. The van der Waals surface area contributed by atoms with E-state index in [1.807, 2.05) is 41.8 Å². The van der Waals surface area contributed by atoms with Crippen molar-refractivity contribution in [3.63, 3.8) is 0 Å². The normalized spacial score (nSPS) is 19.4. The molecule has 0 atom stereocenters. The molecule has 2 heterocycles. The number of nitrogens with zero attached hydrogens (tertiary/aromatic N) is 2. The van der Waals surface area contributed by atoms with Crippen LogP contribution in [0.3, 0.4) is 0 Å². The van der Waals surface area contributed by atoms with Crippen LogP contribution in [0.5, 0.6) is 0 Å². The number of hydrogen-bond donors (Lipinski definition) is 0. The Morgan fingerprint density at radius 1 is 1.00 bits per heavy atom. The van der Waals surface area contributed by atoms with Gasteiger partial charge in [-0.3, -0.25) is 9.59 Å². The Hall–Kier alpha value is -1.88. The molecule has 130 valence electrons. The van der Waals surface area contributed by atoms with Crippen molar-refractivity contribution in [2.75, 3.05) is 39.4 Å². The van der Waals surface area contributed by atoms with Gasteiger partial charge in [-0.15, -0.1) is 0 Å². The largest absolute Gasteiger partial charge is 0.378 e. The number of piperidine rings is 1. The van der Waals surface area contributed by atoms with E-state index in [2.05, 4.69) is 0 Å². The number of amides is 2. The first-order valence-electron chi connectivity index (χ1n) is 8.80. The zero-order valence-electron chi connectivity index (χ0n) is 14.6. The summed E-state index contributed by atoms with van der Waals surface area (Å²) in [5.74, 6) is 0.372. The van der Waals surface area contributed by atoms with Crippen LogP contribution in [0.1, 0.15) is 34.3 Å². The maximum atomic E-state index is 12.8. The average molecular weight is 330 g/mol. The summed E-state index contributed by atoms with van der Waals surface area (Å²) in [4.78, 5) is 29.1. The topological polar surface area (TPSA) is 49.9 Å². The second-order valence-electron chi connectivity index (χ2n) is 6.75. The molecule has 2 aliphatic rings. The summed E-state index contributed by atoms with van der Waals surface area (Å²) in [6.07, 6.45) is 1.51. The van der Waals surface area contributed by atoms with E-state index in [9.17, 15) is 9.59 Å². The maximum Gasteiger partial charge on any atom is 0.254 e. The summed E-state index contributed by atoms with van der Waals surface area (Å²) in [6, 6.07) is 5.86. The third-order valence-corrected chi connectivity index (χ3v) is 5.29. The molecule has 0 N–H and O–H groups in total. The van der Waals surface area contributed by atoms with Gasteiger partial charge in [-0.05, 0) is 43.9 Å². The van der Waals surface area contributed by atoms with Gasteiger partial charge in [0.05, 0.1) is 13.2 Å². The fraction of sp³-hybridized carbons (Fsp3) is 0.579. The van der Waals surface area contributed by atoms with Crippen LogP contribution in [-0.2, 0) is 9.53 Å². The van der Waals surface area contributed by atoms with Crippen molar-refractivity contribution in [2.45, 2.75) is 26.7 Å². The van der Waals surface area contributed by atoms with E-state index in [4.69, 9.17) is 4.74 Å². The van der Waals surface area contributed by atoms with Crippen LogP contribution in [0.2, 0.25) is 0 Å². The van der Waals surface area contributed by atoms with Crippen molar-refractivity contribution < 1.29 is 14.3 Å². The fourth-order valence-corrected chi connectivity index (χ4v) is 3.52. The number of hydrogen-bond acceptors (Lipinski definition) is 3. The second-order valence-corrected chi connectivity index (χ2v) is 6.75. The minimum absolute atomic E-state index is 0.0470. The number of carbonyl (C=O) groups is 2. The summed E-state index contributed by atoms with van der Waals surface area (Å²) in [5.41, 5.74) is 2.97. The highest BCUT2D eigenvalue weighted by molar-refractivity contribution is 5.96. The van der Waals surface area contributed by atoms with Crippen molar-refractivity contribution in [3.05, 3.63) is 34.9 Å². The van der Waals surface area contributed by atoms with E-state index in [1.54, 1.807) is 0 Å². The van der Waals surface area contributed by atoms with E-state index < -0.39 is 0 Å². The van der Waals surface area contributed by atoms with Crippen molar-refractivity contribution in [1.29, 1.82) is 0 Å². The lowest BCUT2D eigenvalue weighted by Crippen LogP contribution is -2.47. The molecule has 5 nitrogen and oxygen atoms in total. The Morgan fingerprint density at radius 3 is 2.33 bits per heavy atom. The standard InChI is InChI=1S/C19H26N2O3/c1-14-4-3-5-17(15(14)2)19(23)20-8-6-16(7-9-20)18(22)21-10-12-24-13-11-21/h3-5,16H,6-13H2,1-2H3. The van der Waals surface area contributed by atoms with Crippen LogP contribution in [0, 0.1) is 19.8 Å². The van der Waals surface area contributed by atoms with E-state index in [0.717, 1.165) is 29.5 Å². The Kier molecular flexibility index (Phi) is 5.19. The van der Waals surface area contributed by atoms with E-state index in [1.165, 1.54) is 0 Å². The Morgan fingerprint density at radius 2 is 1.67 bits per heavy atom. The lowest BCUT2D eigenvalue weighted by Gasteiger charge is -2.35. The molecular formula is C19H26N2O3. The number of aryl methyl sites for hydroxylation is 1. The first-order valence-corrected chi connectivity index (χ1v) is 8.80. The van der Waals surface area contributed by atoms with Crippen LogP contribution < -0.4 is 0 Å². The van der Waals surface area contributed by atoms with Crippen LogP contribution in [0.15, 0.2) is 18.2 Å². The zero-order chi connectivity index (χ0) is 17.1. The molecule has 0 aliphatic carbocycles. The van der Waals surface area contributed by atoms with Gasteiger partial charge in [0, 0.05) is 37.7 Å². The second kappa shape index (κ2) is 7.34. The van der Waals surface area contributed by atoms with E-state index >= 15 is 0 Å². The van der Waals surface area contributed by atoms with Crippen molar-refractivity contribution in [1.82, 2.24) is 9.80 Å². The zero-order valence-corrected chi connectivity index (χ0v) is 14.6. The number of ether oxygens (including phenoxy) is 1. The molecule has 0 spiro atoms. The number of carbonyl (C=O) groups excluding carboxylic acids is 2. The molecule has 0 aromatic heterocycles. The minimum atomic E-state index is 0.0470. The maximum absolute atomic E-state index is 12.8. The highest BCUT2D eigenvalue weighted by atomic mass is 16.5. The summed E-state index contributed by atoms with van der Waals surface area (Å²) in [6.45, 7) is 8.00. The van der Waals surface area contributed by atoms with Gasteiger partial charge in [-0.1, -0.05) is 12.1 Å². The van der Waals surface area contributed by atoms with Crippen LogP contribution >= 0.6 is 0 Å². The van der Waals surface area contributed by atoms with Crippen LogP contribution in [0.4, 0.5) is 0 Å². The molecule has 0 radical (unpaired) electrons. The summed E-state index contributed by atoms with van der Waals surface area (Å²) in [7, 11) is 0. The van der Waals surface area contributed by atoms with E-state index in [-0.39, 0.29) is 17.7 Å². The summed E-state index contributed by atoms with van der Waals surface area (Å²) < 4.78 is 5.31. The predicted octanol–water partition coefficient (Wildman–Crippen LogP) is 2.01. The lowest BCUT2D eigenvalue weighted by molar-refractivity contribution is -0.141. The SMILES string of the molecule is Cc1cccc(C(=O)N2CCC(C(=O)N3CCOCC3)CC2)c1C. The Balaban J connectivity index is 1.59. The molecule has 0 bridgehead atoms. The van der Waals surface area contributed by atoms with Gasteiger partial charge in [-0.2, -0.15) is 0 Å². The van der Waals surface area contributed by atoms with Gasteiger partial charge in [-0.25, -0.2) is 0 Å². The Labute approximate surface area is 143 Å². The van der Waals surface area contributed by atoms with Gasteiger partial charge in [0.1, 0.15) is 0 Å². The fourth-order valence-electron chi connectivity index (χ4n) is 3.52. The molecule has 24 heavy (non-hydrogen) atoms. The molecule has 2 saturated heterocycles. The number of rotatable bonds is 2. The highest BCUT2D eigenvalue weighted by Crippen LogP contribution is 2.23. The number of morpholine rings is 1. The van der Waals surface area contributed by atoms with Crippen LogP contribution in [-0.4, -0.2) is 61.0 Å². The molecule has 5 heteroatoms. The number of likely N-dealkylation sites (tertiary alicyclic amines) is 1. The van der Waals surface area contributed by atoms with Gasteiger partial charge in [0.25, 0.3) is 5.91 Å². The molecule has 2 amide bonds. The molecule has 3 rings (SSSR count). The summed E-state index contributed by atoms with van der Waals surface area (Å²) >= 11 is 0. The summed E-state index contributed by atoms with van der Waals surface area (Å²) in [5, 5.41) is 0. The van der Waals surface area contributed by atoms with Crippen LogP contribution in [0.25, 0.3) is 0 Å². The van der Waals surface area contributed by atoms with Gasteiger partial charge in [0.2, 0.25) is 5.91 Å². The van der Waals surface area contributed by atoms with Gasteiger partial charge < -0.3 is 14.5 Å². The quantitative estimate of drug-likeness (QED) is 0.833. The average Bonchev–Trinajstić information content (AvgIpc) is 2.64. The van der Waals surface area contributed by atoms with Crippen molar-refractivity contribution in [2.24, 2.45) is 5.92 Å². The van der Waals surface area contributed by atoms with Crippen molar-refractivity contribution >= 4 is 11.8 Å². The molecule has 0 unspecified atom stereocenters. The molecule has 0 saturated carbocycles. The molecule has 1 aromatic carbocycles. The van der Waals surface area contributed by atoms with Gasteiger partial charge in [0.15, 0.2) is 0 Å². The third-order valence-electron chi connectivity index (χ3n) is 5.29. The smallest absolute Gasteiger partial charge is 0.254 e. The Bertz CT molecular complexity index is 615. The third kappa shape index (κ3) is 3.46. The molecule has 2 aliphatic heterocycles. The van der Waals surface area contributed by atoms with Gasteiger partial charge >= 0.3 is 0 Å². The van der Waals surface area contributed by atoms with E-state index in [0.29, 0.717) is 39.4 Å². The van der Waals surface area contributed by atoms with Crippen molar-refractivity contribution in [3.8, 4) is 0 Å². The lowest BCUT2D eigenvalue weighted by atomic mass is 9.94. The molecule has 2 fully saturated rings. The first kappa shape index (κ1) is 17.0. The first-order chi connectivity index (χ1) is 11.6. The molecular weight excluding hydrogens is 304 g/mol. The predicted molar refractivity (Wildman–Crippen MR) is 91.9 cm³/mol. The minimum Gasteiger partial charge on any atom is -0.378 e.